The van der Waals surface area contributed by atoms with Crippen molar-refractivity contribution in [3.8, 4) is 0 Å². The van der Waals surface area contributed by atoms with Gasteiger partial charge in [-0.2, -0.15) is 0 Å². The molecule has 17 heavy (non-hydrogen) atoms. The first-order valence-corrected chi connectivity index (χ1v) is 7.13. The second-order valence-corrected chi connectivity index (χ2v) is 5.05. The summed E-state index contributed by atoms with van der Waals surface area (Å²) < 4.78 is 4.91. The fraction of sp³-hybridized carbons (Fsp3) is 0.929. The molecule has 1 fully saturated rings. The van der Waals surface area contributed by atoms with E-state index in [9.17, 15) is 4.79 Å². The molecule has 0 aromatic heterocycles. The lowest BCUT2D eigenvalue weighted by molar-refractivity contribution is -0.143. The van der Waals surface area contributed by atoms with Crippen LogP contribution in [0.3, 0.4) is 0 Å². The average molecular weight is 241 g/mol. The van der Waals surface area contributed by atoms with E-state index in [1.807, 2.05) is 6.92 Å². The standard InChI is InChI=1S/C14H27NO2/c1-3-17-14(16)10-11-15-12(2)13-8-6-4-5-7-9-13/h12-13,15H,3-11H2,1-2H3/t12-/m1/s1. The Morgan fingerprint density at radius 3 is 2.53 bits per heavy atom. The molecule has 0 saturated heterocycles. The summed E-state index contributed by atoms with van der Waals surface area (Å²) in [6, 6.07) is 0.530. The summed E-state index contributed by atoms with van der Waals surface area (Å²) in [5.41, 5.74) is 0. The maximum Gasteiger partial charge on any atom is 0.307 e. The number of esters is 1. The summed E-state index contributed by atoms with van der Waals surface area (Å²) in [5.74, 6) is 0.702. The van der Waals surface area contributed by atoms with Crippen LogP contribution in [0, 0.1) is 5.92 Å². The second kappa shape index (κ2) is 8.51. The third kappa shape index (κ3) is 6.06. The molecule has 0 aliphatic heterocycles. The highest BCUT2D eigenvalue weighted by Gasteiger charge is 2.18. The van der Waals surface area contributed by atoms with Crippen LogP contribution in [-0.4, -0.2) is 25.2 Å². The molecular formula is C14H27NO2. The fourth-order valence-corrected chi connectivity index (χ4v) is 2.61. The SMILES string of the molecule is CCOC(=O)CCN[C@H](C)C1CCCCCC1. The zero-order valence-corrected chi connectivity index (χ0v) is 11.3. The van der Waals surface area contributed by atoms with Crippen molar-refractivity contribution in [1.82, 2.24) is 5.32 Å². The molecule has 0 unspecified atom stereocenters. The van der Waals surface area contributed by atoms with Crippen LogP contribution in [-0.2, 0) is 9.53 Å². The van der Waals surface area contributed by atoms with Gasteiger partial charge in [-0.3, -0.25) is 4.79 Å². The van der Waals surface area contributed by atoms with Gasteiger partial charge in [0.25, 0.3) is 0 Å². The van der Waals surface area contributed by atoms with E-state index in [1.54, 1.807) is 0 Å². The number of hydrogen-bond acceptors (Lipinski definition) is 3. The summed E-state index contributed by atoms with van der Waals surface area (Å²) in [5, 5.41) is 3.47. The van der Waals surface area contributed by atoms with E-state index >= 15 is 0 Å². The molecule has 1 atom stereocenters. The second-order valence-electron chi connectivity index (χ2n) is 5.05. The van der Waals surface area contributed by atoms with Gasteiger partial charge in [-0.15, -0.1) is 0 Å². The highest BCUT2D eigenvalue weighted by atomic mass is 16.5. The number of ether oxygens (including phenoxy) is 1. The van der Waals surface area contributed by atoms with Crippen molar-refractivity contribution in [2.24, 2.45) is 5.92 Å². The molecule has 1 N–H and O–H groups in total. The van der Waals surface area contributed by atoms with Crippen molar-refractivity contribution in [3.05, 3.63) is 0 Å². The van der Waals surface area contributed by atoms with Gasteiger partial charge in [-0.25, -0.2) is 0 Å². The maximum atomic E-state index is 11.2. The molecule has 0 aromatic carbocycles. The van der Waals surface area contributed by atoms with Gasteiger partial charge in [-0.05, 0) is 32.6 Å². The average Bonchev–Trinajstić information content (AvgIpc) is 2.57. The Morgan fingerprint density at radius 2 is 1.94 bits per heavy atom. The molecule has 0 heterocycles. The number of carbonyl (C=O) groups excluding carboxylic acids is 1. The molecule has 1 saturated carbocycles. The van der Waals surface area contributed by atoms with E-state index in [2.05, 4.69) is 12.2 Å². The first-order valence-electron chi connectivity index (χ1n) is 7.13. The Hall–Kier alpha value is -0.570. The normalized spacial score (nSPS) is 19.6. The molecule has 1 aliphatic rings. The first kappa shape index (κ1) is 14.5. The van der Waals surface area contributed by atoms with Crippen molar-refractivity contribution < 1.29 is 9.53 Å². The first-order chi connectivity index (χ1) is 8.24. The van der Waals surface area contributed by atoms with Crippen LogP contribution >= 0.6 is 0 Å². The van der Waals surface area contributed by atoms with Crippen molar-refractivity contribution in [2.75, 3.05) is 13.2 Å². The summed E-state index contributed by atoms with van der Waals surface area (Å²) in [4.78, 5) is 11.2. The molecule has 0 amide bonds. The van der Waals surface area contributed by atoms with Crippen LogP contribution in [0.2, 0.25) is 0 Å². The molecule has 0 radical (unpaired) electrons. The van der Waals surface area contributed by atoms with E-state index in [-0.39, 0.29) is 5.97 Å². The molecule has 3 nitrogen and oxygen atoms in total. The minimum atomic E-state index is -0.0898. The fourth-order valence-electron chi connectivity index (χ4n) is 2.61. The molecule has 0 bridgehead atoms. The summed E-state index contributed by atoms with van der Waals surface area (Å²) in [6.45, 7) is 5.33. The van der Waals surface area contributed by atoms with Gasteiger partial charge in [0.15, 0.2) is 0 Å². The predicted octanol–water partition coefficient (Wildman–Crippen LogP) is 2.89. The van der Waals surface area contributed by atoms with E-state index in [1.165, 1.54) is 38.5 Å². The molecule has 0 spiro atoms. The highest BCUT2D eigenvalue weighted by Crippen LogP contribution is 2.25. The molecular weight excluding hydrogens is 214 g/mol. The van der Waals surface area contributed by atoms with Crippen LogP contribution in [0.4, 0.5) is 0 Å². The van der Waals surface area contributed by atoms with Gasteiger partial charge in [0.05, 0.1) is 13.0 Å². The van der Waals surface area contributed by atoms with Crippen LogP contribution in [0.1, 0.15) is 58.8 Å². The monoisotopic (exact) mass is 241 g/mol. The lowest BCUT2D eigenvalue weighted by Gasteiger charge is -2.23. The van der Waals surface area contributed by atoms with E-state index in [4.69, 9.17) is 4.74 Å². The van der Waals surface area contributed by atoms with E-state index in [0.29, 0.717) is 19.1 Å². The summed E-state index contributed by atoms with van der Waals surface area (Å²) in [7, 11) is 0. The maximum absolute atomic E-state index is 11.2. The quantitative estimate of drug-likeness (QED) is 0.574. The minimum absolute atomic E-state index is 0.0898. The molecule has 100 valence electrons. The number of rotatable bonds is 6. The number of nitrogens with one attached hydrogen (secondary N) is 1. The van der Waals surface area contributed by atoms with Gasteiger partial charge in [-0.1, -0.05) is 25.7 Å². The van der Waals surface area contributed by atoms with Crippen molar-refractivity contribution >= 4 is 5.97 Å². The van der Waals surface area contributed by atoms with Gasteiger partial charge in [0.1, 0.15) is 0 Å². The largest absolute Gasteiger partial charge is 0.466 e. The van der Waals surface area contributed by atoms with Crippen molar-refractivity contribution in [1.29, 1.82) is 0 Å². The zero-order chi connectivity index (χ0) is 12.5. The van der Waals surface area contributed by atoms with E-state index < -0.39 is 0 Å². The van der Waals surface area contributed by atoms with E-state index in [0.717, 1.165) is 12.5 Å². The lowest BCUT2D eigenvalue weighted by atomic mass is 9.93. The molecule has 3 heteroatoms. The Labute approximate surface area is 105 Å². The van der Waals surface area contributed by atoms with Crippen LogP contribution in [0.15, 0.2) is 0 Å². The zero-order valence-electron chi connectivity index (χ0n) is 11.3. The molecule has 0 aromatic rings. The molecule has 1 aliphatic carbocycles. The Bertz CT molecular complexity index is 210. The smallest absolute Gasteiger partial charge is 0.307 e. The van der Waals surface area contributed by atoms with Gasteiger partial charge in [0.2, 0.25) is 0 Å². The highest BCUT2D eigenvalue weighted by molar-refractivity contribution is 5.69. The third-order valence-electron chi connectivity index (χ3n) is 3.71. The minimum Gasteiger partial charge on any atom is -0.466 e. The Morgan fingerprint density at radius 1 is 1.29 bits per heavy atom. The lowest BCUT2D eigenvalue weighted by Crippen LogP contribution is -2.35. The summed E-state index contributed by atoms with van der Waals surface area (Å²) in [6.07, 6.45) is 8.70. The number of carbonyl (C=O) groups is 1. The van der Waals surface area contributed by atoms with Crippen molar-refractivity contribution in [3.63, 3.8) is 0 Å². The van der Waals surface area contributed by atoms with Crippen LogP contribution in [0.25, 0.3) is 0 Å². The predicted molar refractivity (Wildman–Crippen MR) is 69.9 cm³/mol. The van der Waals surface area contributed by atoms with Gasteiger partial charge >= 0.3 is 5.97 Å². The molecule has 1 rings (SSSR count). The van der Waals surface area contributed by atoms with Crippen molar-refractivity contribution in [2.45, 2.75) is 64.8 Å². The topological polar surface area (TPSA) is 38.3 Å². The Kier molecular flexibility index (Phi) is 7.25. The summed E-state index contributed by atoms with van der Waals surface area (Å²) >= 11 is 0. The van der Waals surface area contributed by atoms with Gasteiger partial charge in [0, 0.05) is 12.6 Å². The van der Waals surface area contributed by atoms with Crippen LogP contribution < -0.4 is 5.32 Å². The van der Waals surface area contributed by atoms with Crippen LogP contribution in [0.5, 0.6) is 0 Å². The van der Waals surface area contributed by atoms with Gasteiger partial charge < -0.3 is 10.1 Å². The number of hydrogen-bond donors (Lipinski definition) is 1. The third-order valence-corrected chi connectivity index (χ3v) is 3.71. The Balaban J connectivity index is 2.14.